The first-order chi connectivity index (χ1) is 15.1. The van der Waals surface area contributed by atoms with Crippen LogP contribution in [0.4, 0.5) is 18.2 Å². The van der Waals surface area contributed by atoms with Crippen LogP contribution in [0.25, 0.3) is 0 Å². The first kappa shape index (κ1) is 25.8. The molecule has 0 bridgehead atoms. The predicted octanol–water partition coefficient (Wildman–Crippen LogP) is 4.16. The molecule has 0 spiro atoms. The van der Waals surface area contributed by atoms with Crippen LogP contribution in [0.2, 0.25) is 0 Å². The number of benzene rings is 1. The molecule has 0 saturated heterocycles. The summed E-state index contributed by atoms with van der Waals surface area (Å²) >= 11 is 1.22. The molecule has 0 aliphatic carbocycles. The molecular weight excluding hydrogens is 445 g/mol. The van der Waals surface area contributed by atoms with E-state index in [1.807, 2.05) is 13.8 Å². The fourth-order valence-electron chi connectivity index (χ4n) is 3.26. The van der Waals surface area contributed by atoms with Crippen LogP contribution >= 0.6 is 11.3 Å². The number of halogens is 3. The molecule has 2 aromatic rings. The van der Waals surface area contributed by atoms with Crippen molar-refractivity contribution >= 4 is 28.2 Å². The molecule has 0 fully saturated rings. The minimum atomic E-state index is -4.80. The number of ether oxygens (including phenoxy) is 1. The van der Waals surface area contributed by atoms with Crippen molar-refractivity contribution in [1.82, 2.24) is 4.90 Å². The number of hydrogen-bond acceptors (Lipinski definition) is 6. The molecule has 6 nitrogen and oxygen atoms in total. The second-order valence-corrected chi connectivity index (χ2v) is 8.40. The second kappa shape index (κ2) is 11.4. The van der Waals surface area contributed by atoms with Gasteiger partial charge in [0.25, 0.3) is 0 Å². The zero-order chi connectivity index (χ0) is 23.9. The first-order valence-corrected chi connectivity index (χ1v) is 11.0. The smallest absolute Gasteiger partial charge is 0.415 e. The largest absolute Gasteiger partial charge is 0.462 e. The van der Waals surface area contributed by atoms with Gasteiger partial charge < -0.3 is 15.2 Å². The van der Waals surface area contributed by atoms with E-state index in [1.54, 1.807) is 37.3 Å². The van der Waals surface area contributed by atoms with E-state index in [1.165, 1.54) is 16.2 Å². The Bertz CT molecular complexity index is 916. The van der Waals surface area contributed by atoms with Gasteiger partial charge in [0, 0.05) is 18.0 Å². The molecule has 1 aromatic heterocycles. The molecule has 1 amide bonds. The van der Waals surface area contributed by atoms with Gasteiger partial charge in [0.2, 0.25) is 5.91 Å². The highest BCUT2D eigenvalue weighted by Crippen LogP contribution is 2.34. The van der Waals surface area contributed by atoms with Crippen LogP contribution < -0.4 is 5.32 Å². The van der Waals surface area contributed by atoms with E-state index in [0.29, 0.717) is 17.0 Å². The quantitative estimate of drug-likeness (QED) is 0.508. The molecule has 0 aliphatic heterocycles. The number of aliphatic hydroxyl groups is 1. The van der Waals surface area contributed by atoms with Gasteiger partial charge in [0.15, 0.2) is 6.10 Å². The molecule has 10 heteroatoms. The van der Waals surface area contributed by atoms with Gasteiger partial charge >= 0.3 is 12.1 Å². The lowest BCUT2D eigenvalue weighted by Crippen LogP contribution is -2.43. The van der Waals surface area contributed by atoms with Crippen molar-refractivity contribution in [3.8, 4) is 0 Å². The fraction of sp³-hybridized carbons (Fsp3) is 0.455. The van der Waals surface area contributed by atoms with Gasteiger partial charge in [0.05, 0.1) is 18.7 Å². The highest BCUT2D eigenvalue weighted by molar-refractivity contribution is 7.16. The Hall–Kier alpha value is -2.43. The standard InChI is InChI=1S/C22H27F3N2O4S/c1-4-16-14(3)32-20(19(16)21(30)31-5-2)26-18(29)13-27(12-17(28)22(23,24)25)11-15-9-7-6-8-10-15/h6-10,17,28H,4-5,11-13H2,1-3H3,(H,26,29). The zero-order valence-electron chi connectivity index (χ0n) is 18.2. The molecule has 1 aromatic carbocycles. The van der Waals surface area contributed by atoms with Gasteiger partial charge in [-0.25, -0.2) is 4.79 Å². The van der Waals surface area contributed by atoms with Crippen LogP contribution in [0.15, 0.2) is 30.3 Å². The molecule has 1 heterocycles. The van der Waals surface area contributed by atoms with E-state index in [9.17, 15) is 27.9 Å². The number of anilines is 1. The molecule has 1 unspecified atom stereocenters. The lowest BCUT2D eigenvalue weighted by atomic mass is 10.1. The lowest BCUT2D eigenvalue weighted by molar-refractivity contribution is -0.208. The maximum atomic E-state index is 12.9. The Morgan fingerprint density at radius 1 is 1.22 bits per heavy atom. The third-order valence-electron chi connectivity index (χ3n) is 4.72. The number of alkyl halides is 3. The summed E-state index contributed by atoms with van der Waals surface area (Å²) in [4.78, 5) is 27.2. The average molecular weight is 473 g/mol. The maximum Gasteiger partial charge on any atom is 0.415 e. The van der Waals surface area contributed by atoms with Gasteiger partial charge in [-0.05, 0) is 31.4 Å². The second-order valence-electron chi connectivity index (χ2n) is 7.18. The van der Waals surface area contributed by atoms with Crippen molar-refractivity contribution in [2.24, 2.45) is 0 Å². The lowest BCUT2D eigenvalue weighted by Gasteiger charge is -2.25. The number of esters is 1. The highest BCUT2D eigenvalue weighted by atomic mass is 32.1. The molecule has 32 heavy (non-hydrogen) atoms. The van der Waals surface area contributed by atoms with Crippen LogP contribution in [-0.4, -0.2) is 53.9 Å². The number of carbonyl (C=O) groups is 2. The van der Waals surface area contributed by atoms with Gasteiger partial charge in [-0.15, -0.1) is 11.3 Å². The number of amides is 1. The van der Waals surface area contributed by atoms with E-state index in [0.717, 1.165) is 10.4 Å². The van der Waals surface area contributed by atoms with Gasteiger partial charge in [-0.1, -0.05) is 37.3 Å². The Labute approximate surface area is 189 Å². The molecule has 2 rings (SSSR count). The van der Waals surface area contributed by atoms with Gasteiger partial charge in [-0.3, -0.25) is 9.69 Å². The molecule has 1 atom stereocenters. The van der Waals surface area contributed by atoms with E-state index < -0.39 is 37.2 Å². The molecule has 2 N–H and O–H groups in total. The highest BCUT2D eigenvalue weighted by Gasteiger charge is 2.39. The third-order valence-corrected chi connectivity index (χ3v) is 5.78. The first-order valence-electron chi connectivity index (χ1n) is 10.2. The molecule has 0 aliphatic rings. The van der Waals surface area contributed by atoms with Crippen molar-refractivity contribution < 1.29 is 32.6 Å². The number of aliphatic hydroxyl groups excluding tert-OH is 1. The van der Waals surface area contributed by atoms with Crippen LogP contribution in [0.1, 0.15) is 40.2 Å². The number of nitrogens with one attached hydrogen (secondary N) is 1. The average Bonchev–Trinajstić information content (AvgIpc) is 3.02. The minimum Gasteiger partial charge on any atom is -0.462 e. The topological polar surface area (TPSA) is 78.9 Å². The van der Waals surface area contributed by atoms with Crippen molar-refractivity contribution in [3.05, 3.63) is 51.9 Å². The summed E-state index contributed by atoms with van der Waals surface area (Å²) < 4.78 is 43.8. The summed E-state index contributed by atoms with van der Waals surface area (Å²) in [6.07, 6.45) is -6.84. The number of nitrogens with zero attached hydrogens (tertiary/aromatic N) is 1. The van der Waals surface area contributed by atoms with Crippen LogP contribution in [0.3, 0.4) is 0 Å². The summed E-state index contributed by atoms with van der Waals surface area (Å²) in [5.74, 6) is -1.15. The number of aryl methyl sites for hydroxylation is 1. The van der Waals surface area contributed by atoms with E-state index in [4.69, 9.17) is 4.74 Å². The third kappa shape index (κ3) is 7.04. The Morgan fingerprint density at radius 3 is 2.44 bits per heavy atom. The molecule has 176 valence electrons. The number of hydrogen-bond donors (Lipinski definition) is 2. The van der Waals surface area contributed by atoms with Crippen molar-refractivity contribution in [2.45, 2.75) is 46.0 Å². The molecular formula is C22H27F3N2O4S. The van der Waals surface area contributed by atoms with Crippen molar-refractivity contribution in [2.75, 3.05) is 25.0 Å². The summed E-state index contributed by atoms with van der Waals surface area (Å²) in [6.45, 7) is 4.42. The summed E-state index contributed by atoms with van der Waals surface area (Å²) in [5, 5.41) is 12.5. The Morgan fingerprint density at radius 2 is 1.88 bits per heavy atom. The fourth-order valence-corrected chi connectivity index (χ4v) is 4.40. The Kier molecular flexibility index (Phi) is 9.23. The van der Waals surface area contributed by atoms with Gasteiger partial charge in [-0.2, -0.15) is 13.2 Å². The maximum absolute atomic E-state index is 12.9. The molecule has 0 saturated carbocycles. The number of rotatable bonds is 10. The summed E-state index contributed by atoms with van der Waals surface area (Å²) in [5.41, 5.74) is 1.73. The number of carbonyl (C=O) groups excluding carboxylic acids is 2. The van der Waals surface area contributed by atoms with Crippen LogP contribution in [-0.2, 0) is 22.5 Å². The van der Waals surface area contributed by atoms with Crippen LogP contribution in [0.5, 0.6) is 0 Å². The van der Waals surface area contributed by atoms with Crippen molar-refractivity contribution in [1.29, 1.82) is 0 Å². The van der Waals surface area contributed by atoms with E-state index >= 15 is 0 Å². The molecule has 0 radical (unpaired) electrons. The number of thiophene rings is 1. The normalized spacial score (nSPS) is 12.6. The zero-order valence-corrected chi connectivity index (χ0v) is 19.0. The summed E-state index contributed by atoms with van der Waals surface area (Å²) in [7, 11) is 0. The van der Waals surface area contributed by atoms with Gasteiger partial charge in [0.1, 0.15) is 5.00 Å². The van der Waals surface area contributed by atoms with Crippen LogP contribution in [0, 0.1) is 6.92 Å². The van der Waals surface area contributed by atoms with E-state index in [-0.39, 0.29) is 18.7 Å². The minimum absolute atomic E-state index is 0.0375. The summed E-state index contributed by atoms with van der Waals surface area (Å²) in [6, 6.07) is 8.69. The Balaban J connectivity index is 2.21. The predicted molar refractivity (Wildman–Crippen MR) is 117 cm³/mol. The SMILES string of the molecule is CCOC(=O)c1c(NC(=O)CN(Cc2ccccc2)CC(O)C(F)(F)F)sc(C)c1CC. The van der Waals surface area contributed by atoms with Crippen molar-refractivity contribution in [3.63, 3.8) is 0 Å². The van der Waals surface area contributed by atoms with E-state index in [2.05, 4.69) is 5.32 Å². The monoisotopic (exact) mass is 472 g/mol.